The highest BCUT2D eigenvalue weighted by atomic mass is 16.5. The Bertz CT molecular complexity index is 1000. The van der Waals surface area contributed by atoms with Gasteiger partial charge in [-0.25, -0.2) is 0 Å². The van der Waals surface area contributed by atoms with Crippen LogP contribution in [0.4, 0.5) is 0 Å². The second kappa shape index (κ2) is 8.34. The number of benzene rings is 1. The van der Waals surface area contributed by atoms with Gasteiger partial charge >= 0.3 is 0 Å². The summed E-state index contributed by atoms with van der Waals surface area (Å²) in [6.07, 6.45) is 4.70. The number of pyridine rings is 1. The molecular formula is C22H24N4O3. The number of carbonyl (C=O) groups is 1. The molecule has 0 saturated heterocycles. The number of hydrogen-bond acceptors (Lipinski definition) is 5. The van der Waals surface area contributed by atoms with Gasteiger partial charge in [0.05, 0.1) is 38.6 Å². The van der Waals surface area contributed by atoms with Crippen LogP contribution < -0.4 is 9.47 Å². The van der Waals surface area contributed by atoms with E-state index in [1.165, 1.54) is 0 Å². The number of carbonyl (C=O) groups excluding carboxylic acids is 1. The Hall–Kier alpha value is -3.35. The molecule has 0 bridgehead atoms. The fourth-order valence-electron chi connectivity index (χ4n) is 3.60. The lowest BCUT2D eigenvalue weighted by Crippen LogP contribution is -2.32. The minimum atomic E-state index is 0.111. The second-order valence-electron chi connectivity index (χ2n) is 7.02. The van der Waals surface area contributed by atoms with Crippen molar-refractivity contribution in [1.29, 1.82) is 0 Å². The minimum Gasteiger partial charge on any atom is -0.493 e. The van der Waals surface area contributed by atoms with Crippen LogP contribution in [0, 0.1) is 0 Å². The van der Waals surface area contributed by atoms with E-state index in [-0.39, 0.29) is 5.91 Å². The maximum Gasteiger partial charge on any atom is 0.227 e. The summed E-state index contributed by atoms with van der Waals surface area (Å²) in [6, 6.07) is 11.6. The van der Waals surface area contributed by atoms with E-state index in [9.17, 15) is 4.79 Å². The van der Waals surface area contributed by atoms with Gasteiger partial charge in [-0.1, -0.05) is 6.07 Å². The number of hydrogen-bond donors (Lipinski definition) is 0. The van der Waals surface area contributed by atoms with E-state index in [0.29, 0.717) is 24.5 Å². The van der Waals surface area contributed by atoms with Crippen LogP contribution >= 0.6 is 0 Å². The summed E-state index contributed by atoms with van der Waals surface area (Å²) in [4.78, 5) is 18.8. The van der Waals surface area contributed by atoms with Crippen LogP contribution in [0.25, 0.3) is 11.3 Å². The molecule has 1 aliphatic heterocycles. The van der Waals surface area contributed by atoms with Crippen molar-refractivity contribution in [2.24, 2.45) is 0 Å². The predicted octanol–water partition coefficient (Wildman–Crippen LogP) is 2.94. The molecule has 3 heterocycles. The number of rotatable bonds is 5. The van der Waals surface area contributed by atoms with Gasteiger partial charge in [0.1, 0.15) is 0 Å². The standard InChI is InChI=1S/C22H24N4O3/c1-28-20-7-6-17(12-21(20)29-2)19-13-18-15-25(9-4-10-26(18)24-19)22(27)11-16-5-3-8-23-14-16/h3,5-8,12-14H,4,9-11,15H2,1-2H3. The van der Waals surface area contributed by atoms with Gasteiger partial charge in [0.2, 0.25) is 5.91 Å². The van der Waals surface area contributed by atoms with Crippen molar-refractivity contribution < 1.29 is 14.3 Å². The summed E-state index contributed by atoms with van der Waals surface area (Å²) in [6.45, 7) is 2.08. The molecule has 7 heteroatoms. The molecule has 29 heavy (non-hydrogen) atoms. The maximum atomic E-state index is 12.8. The van der Waals surface area contributed by atoms with Crippen LogP contribution in [-0.4, -0.2) is 46.3 Å². The molecule has 1 aromatic carbocycles. The molecule has 7 nitrogen and oxygen atoms in total. The molecule has 0 radical (unpaired) electrons. The highest BCUT2D eigenvalue weighted by molar-refractivity contribution is 5.78. The van der Waals surface area contributed by atoms with Crippen molar-refractivity contribution in [3.63, 3.8) is 0 Å². The Morgan fingerprint density at radius 1 is 1.10 bits per heavy atom. The lowest BCUT2D eigenvalue weighted by molar-refractivity contribution is -0.131. The zero-order chi connectivity index (χ0) is 20.2. The summed E-state index contributed by atoms with van der Waals surface area (Å²) >= 11 is 0. The third-order valence-electron chi connectivity index (χ3n) is 5.12. The minimum absolute atomic E-state index is 0.111. The van der Waals surface area contributed by atoms with E-state index in [4.69, 9.17) is 14.6 Å². The Kier molecular flexibility index (Phi) is 5.46. The number of aryl methyl sites for hydroxylation is 1. The average molecular weight is 392 g/mol. The SMILES string of the molecule is COc1ccc(-c2cc3n(n2)CCCN(C(=O)Cc2cccnc2)C3)cc1OC. The normalized spacial score (nSPS) is 13.5. The summed E-state index contributed by atoms with van der Waals surface area (Å²) in [5.74, 6) is 1.46. The Morgan fingerprint density at radius 3 is 2.72 bits per heavy atom. The van der Waals surface area contributed by atoms with Gasteiger partial charge in [0.25, 0.3) is 0 Å². The van der Waals surface area contributed by atoms with Gasteiger partial charge in [-0.05, 0) is 42.3 Å². The lowest BCUT2D eigenvalue weighted by Gasteiger charge is -2.20. The number of nitrogens with zero attached hydrogens (tertiary/aromatic N) is 4. The number of aromatic nitrogens is 3. The topological polar surface area (TPSA) is 69.5 Å². The van der Waals surface area contributed by atoms with Crippen LogP contribution in [-0.2, 0) is 24.3 Å². The quantitative estimate of drug-likeness (QED) is 0.668. The van der Waals surface area contributed by atoms with E-state index in [1.54, 1.807) is 26.6 Å². The first-order valence-corrected chi connectivity index (χ1v) is 9.63. The molecule has 0 N–H and O–H groups in total. The van der Waals surface area contributed by atoms with Gasteiger partial charge in [-0.2, -0.15) is 5.10 Å². The highest BCUT2D eigenvalue weighted by Gasteiger charge is 2.21. The second-order valence-corrected chi connectivity index (χ2v) is 7.02. The van der Waals surface area contributed by atoms with Crippen molar-refractivity contribution >= 4 is 5.91 Å². The average Bonchev–Trinajstić information content (AvgIpc) is 3.05. The first-order valence-electron chi connectivity index (χ1n) is 9.63. The molecule has 1 aliphatic rings. The fraction of sp³-hybridized carbons (Fsp3) is 0.318. The van der Waals surface area contributed by atoms with Gasteiger partial charge in [-0.3, -0.25) is 14.5 Å². The highest BCUT2D eigenvalue weighted by Crippen LogP contribution is 2.32. The van der Waals surface area contributed by atoms with Crippen molar-refractivity contribution in [1.82, 2.24) is 19.7 Å². The monoisotopic (exact) mass is 392 g/mol. The zero-order valence-corrected chi connectivity index (χ0v) is 16.7. The first-order chi connectivity index (χ1) is 14.2. The summed E-state index contributed by atoms with van der Waals surface area (Å²) < 4.78 is 12.7. The number of ether oxygens (including phenoxy) is 2. The van der Waals surface area contributed by atoms with Crippen LogP contribution in [0.5, 0.6) is 11.5 Å². The van der Waals surface area contributed by atoms with E-state index in [2.05, 4.69) is 11.1 Å². The molecule has 0 saturated carbocycles. The zero-order valence-electron chi connectivity index (χ0n) is 16.7. The largest absolute Gasteiger partial charge is 0.493 e. The van der Waals surface area contributed by atoms with Gasteiger partial charge in [0, 0.05) is 31.0 Å². The molecule has 0 spiro atoms. The molecule has 3 aromatic rings. The van der Waals surface area contributed by atoms with E-state index >= 15 is 0 Å². The predicted molar refractivity (Wildman–Crippen MR) is 109 cm³/mol. The molecule has 0 fully saturated rings. The molecule has 0 atom stereocenters. The van der Waals surface area contributed by atoms with Crippen molar-refractivity contribution in [2.75, 3.05) is 20.8 Å². The summed E-state index contributed by atoms with van der Waals surface area (Å²) in [5, 5.41) is 4.76. The fourth-order valence-corrected chi connectivity index (χ4v) is 3.60. The number of fused-ring (bicyclic) bond motifs is 1. The molecule has 0 unspecified atom stereocenters. The van der Waals surface area contributed by atoms with E-state index in [0.717, 1.165) is 42.0 Å². The maximum absolute atomic E-state index is 12.8. The van der Waals surface area contributed by atoms with E-state index in [1.807, 2.05) is 39.9 Å². The van der Waals surface area contributed by atoms with Crippen molar-refractivity contribution in [3.8, 4) is 22.8 Å². The van der Waals surface area contributed by atoms with Crippen LogP contribution in [0.2, 0.25) is 0 Å². The molecule has 1 amide bonds. The molecule has 150 valence electrons. The smallest absolute Gasteiger partial charge is 0.227 e. The Balaban J connectivity index is 1.54. The lowest BCUT2D eigenvalue weighted by atomic mass is 10.1. The van der Waals surface area contributed by atoms with Crippen molar-refractivity contribution in [2.45, 2.75) is 25.9 Å². The molecular weight excluding hydrogens is 368 g/mol. The van der Waals surface area contributed by atoms with Gasteiger partial charge in [0.15, 0.2) is 11.5 Å². The number of methoxy groups -OCH3 is 2. The van der Waals surface area contributed by atoms with E-state index < -0.39 is 0 Å². The van der Waals surface area contributed by atoms with Crippen LogP contribution in [0.1, 0.15) is 17.7 Å². The first kappa shape index (κ1) is 19.0. The molecule has 4 rings (SSSR count). The van der Waals surface area contributed by atoms with Crippen LogP contribution in [0.15, 0.2) is 48.8 Å². The summed E-state index contributed by atoms with van der Waals surface area (Å²) in [5.41, 5.74) is 3.78. The van der Waals surface area contributed by atoms with Crippen molar-refractivity contribution in [3.05, 3.63) is 60.0 Å². The Labute approximate surface area is 169 Å². The Morgan fingerprint density at radius 2 is 1.97 bits per heavy atom. The molecule has 2 aromatic heterocycles. The molecule has 0 aliphatic carbocycles. The number of amides is 1. The van der Waals surface area contributed by atoms with Gasteiger partial charge in [-0.15, -0.1) is 0 Å². The van der Waals surface area contributed by atoms with Crippen LogP contribution in [0.3, 0.4) is 0 Å². The third kappa shape index (κ3) is 4.08. The summed E-state index contributed by atoms with van der Waals surface area (Å²) in [7, 11) is 3.24. The van der Waals surface area contributed by atoms with Gasteiger partial charge < -0.3 is 14.4 Å². The third-order valence-corrected chi connectivity index (χ3v) is 5.12.